The number of hydrogen-bond acceptors (Lipinski definition) is 5. The van der Waals surface area contributed by atoms with Crippen molar-refractivity contribution >= 4 is 11.6 Å². The van der Waals surface area contributed by atoms with Crippen LogP contribution in [0, 0.1) is 18.6 Å². The first-order valence-electron chi connectivity index (χ1n) is 9.09. The van der Waals surface area contributed by atoms with E-state index < -0.39 is 11.6 Å². The molecule has 1 aliphatic rings. The van der Waals surface area contributed by atoms with Crippen LogP contribution in [0.5, 0.6) is 0 Å². The molecular weight excluding hydrogens is 354 g/mol. The predicted molar refractivity (Wildman–Crippen MR) is 98.8 cm³/mol. The molecule has 1 atom stereocenters. The molecule has 2 heterocycles. The van der Waals surface area contributed by atoms with Gasteiger partial charge >= 0.3 is 0 Å². The molecule has 2 N–H and O–H groups in total. The molecule has 1 fully saturated rings. The van der Waals surface area contributed by atoms with Crippen molar-refractivity contribution in [3.05, 3.63) is 41.5 Å². The van der Waals surface area contributed by atoms with Gasteiger partial charge in [0, 0.05) is 32.1 Å². The second kappa shape index (κ2) is 8.79. The summed E-state index contributed by atoms with van der Waals surface area (Å²) in [6.07, 6.45) is 1.32. The van der Waals surface area contributed by atoms with Crippen LogP contribution in [-0.2, 0) is 6.42 Å². The number of rotatable bonds is 6. The van der Waals surface area contributed by atoms with Crippen molar-refractivity contribution in [3.8, 4) is 0 Å². The molecule has 1 unspecified atom stereocenters. The maximum atomic E-state index is 14.0. The van der Waals surface area contributed by atoms with Crippen LogP contribution in [0.25, 0.3) is 0 Å². The lowest BCUT2D eigenvalue weighted by atomic mass is 10.2. The number of benzene rings is 1. The van der Waals surface area contributed by atoms with Crippen molar-refractivity contribution in [2.45, 2.75) is 32.7 Å². The summed E-state index contributed by atoms with van der Waals surface area (Å²) in [5, 5.41) is 10.3. The Morgan fingerprint density at radius 2 is 2.15 bits per heavy atom. The Morgan fingerprint density at radius 1 is 1.37 bits per heavy atom. The Balaban J connectivity index is 1.57. The van der Waals surface area contributed by atoms with Crippen LogP contribution in [0.4, 0.5) is 14.5 Å². The second-order valence-electron chi connectivity index (χ2n) is 6.39. The molecule has 1 aromatic heterocycles. The number of aromatic nitrogens is 2. The van der Waals surface area contributed by atoms with Gasteiger partial charge in [0.05, 0.1) is 6.54 Å². The third kappa shape index (κ3) is 4.93. The van der Waals surface area contributed by atoms with Crippen LogP contribution in [0.1, 0.15) is 25.1 Å². The zero-order chi connectivity index (χ0) is 19.2. The molecule has 146 valence electrons. The van der Waals surface area contributed by atoms with Gasteiger partial charge in [0.2, 0.25) is 5.89 Å². The van der Waals surface area contributed by atoms with Crippen molar-refractivity contribution in [3.63, 3.8) is 0 Å². The third-order valence-electron chi connectivity index (χ3n) is 4.29. The zero-order valence-electron chi connectivity index (χ0n) is 15.5. The summed E-state index contributed by atoms with van der Waals surface area (Å²) in [7, 11) is 0. The van der Waals surface area contributed by atoms with E-state index in [2.05, 4.69) is 25.8 Å². The van der Waals surface area contributed by atoms with E-state index in [4.69, 9.17) is 4.52 Å². The Hall–Kier alpha value is -2.71. The van der Waals surface area contributed by atoms with Gasteiger partial charge in [0.25, 0.3) is 0 Å². The fourth-order valence-corrected chi connectivity index (χ4v) is 3.09. The quantitative estimate of drug-likeness (QED) is 0.592. The van der Waals surface area contributed by atoms with E-state index in [1.807, 2.05) is 6.92 Å². The van der Waals surface area contributed by atoms with Crippen LogP contribution < -0.4 is 15.5 Å². The second-order valence-corrected chi connectivity index (χ2v) is 6.39. The Labute approximate surface area is 156 Å². The van der Waals surface area contributed by atoms with Gasteiger partial charge in [-0.1, -0.05) is 11.2 Å². The number of nitrogens with zero attached hydrogens (tertiary/aromatic N) is 4. The third-order valence-corrected chi connectivity index (χ3v) is 4.29. The van der Waals surface area contributed by atoms with Gasteiger partial charge in [0.15, 0.2) is 11.8 Å². The van der Waals surface area contributed by atoms with Gasteiger partial charge in [-0.25, -0.2) is 8.78 Å². The van der Waals surface area contributed by atoms with Crippen molar-refractivity contribution < 1.29 is 13.3 Å². The first-order valence-corrected chi connectivity index (χ1v) is 9.09. The Morgan fingerprint density at radius 3 is 2.81 bits per heavy atom. The lowest BCUT2D eigenvalue weighted by Gasteiger charge is -2.21. The Kier molecular flexibility index (Phi) is 6.20. The summed E-state index contributed by atoms with van der Waals surface area (Å²) in [4.78, 5) is 10.4. The Bertz CT molecular complexity index is 774. The van der Waals surface area contributed by atoms with Crippen molar-refractivity contribution in [2.75, 3.05) is 31.1 Å². The van der Waals surface area contributed by atoms with Crippen molar-refractivity contribution in [1.29, 1.82) is 0 Å². The summed E-state index contributed by atoms with van der Waals surface area (Å²) in [6.45, 7) is 6.04. The highest BCUT2D eigenvalue weighted by molar-refractivity contribution is 5.80. The first-order chi connectivity index (χ1) is 13.1. The van der Waals surface area contributed by atoms with Gasteiger partial charge in [-0.2, -0.15) is 4.98 Å². The lowest BCUT2D eigenvalue weighted by Crippen LogP contribution is -2.44. The van der Waals surface area contributed by atoms with E-state index >= 15 is 0 Å². The highest BCUT2D eigenvalue weighted by atomic mass is 19.1. The molecule has 0 saturated carbocycles. The molecule has 0 aliphatic carbocycles. The van der Waals surface area contributed by atoms with Crippen LogP contribution in [0.15, 0.2) is 27.7 Å². The van der Waals surface area contributed by atoms with E-state index in [1.54, 1.807) is 11.8 Å². The van der Waals surface area contributed by atoms with Gasteiger partial charge in [-0.3, -0.25) is 4.99 Å². The van der Waals surface area contributed by atoms with Gasteiger partial charge < -0.3 is 20.1 Å². The molecule has 7 nitrogen and oxygen atoms in total. The monoisotopic (exact) mass is 378 g/mol. The number of hydrogen-bond donors (Lipinski definition) is 2. The molecule has 3 rings (SSSR count). The highest BCUT2D eigenvalue weighted by Gasteiger charge is 2.27. The molecule has 0 radical (unpaired) electrons. The molecule has 0 bridgehead atoms. The molecule has 0 spiro atoms. The number of guanidine groups is 1. The summed E-state index contributed by atoms with van der Waals surface area (Å²) in [6, 6.07) is 3.99. The maximum Gasteiger partial charge on any atom is 0.228 e. The fraction of sp³-hybridized carbons (Fsp3) is 0.500. The molecule has 0 amide bonds. The number of aliphatic imine (C=N–C) groups is 1. The van der Waals surface area contributed by atoms with Gasteiger partial charge in [0.1, 0.15) is 17.3 Å². The minimum Gasteiger partial charge on any atom is -0.365 e. The van der Waals surface area contributed by atoms with E-state index in [0.29, 0.717) is 50.3 Å². The molecule has 27 heavy (non-hydrogen) atoms. The minimum atomic E-state index is -0.536. The summed E-state index contributed by atoms with van der Waals surface area (Å²) < 4.78 is 33.0. The zero-order valence-corrected chi connectivity index (χ0v) is 15.5. The number of halogens is 2. The molecular formula is C18H24F2N6O. The van der Waals surface area contributed by atoms with Crippen LogP contribution >= 0.6 is 0 Å². The largest absolute Gasteiger partial charge is 0.365 e. The molecule has 1 aliphatic heterocycles. The number of aryl methyl sites for hydroxylation is 1. The van der Waals surface area contributed by atoms with Crippen LogP contribution in [0.3, 0.4) is 0 Å². The molecule has 1 saturated heterocycles. The summed E-state index contributed by atoms with van der Waals surface area (Å²) in [5.41, 5.74) is 0.0375. The predicted octanol–water partition coefficient (Wildman–Crippen LogP) is 2.03. The van der Waals surface area contributed by atoms with E-state index in [0.717, 1.165) is 6.42 Å². The average molecular weight is 378 g/mol. The average Bonchev–Trinajstić information content (AvgIpc) is 3.24. The van der Waals surface area contributed by atoms with E-state index in [1.165, 1.54) is 18.2 Å². The number of para-hydroxylation sites is 1. The SMILES string of the molecule is CCNC(=NCCc1nc(C)no1)NC1CCN(c2c(F)cccc2F)C1. The highest BCUT2D eigenvalue weighted by Crippen LogP contribution is 2.26. The molecule has 1 aromatic carbocycles. The smallest absolute Gasteiger partial charge is 0.228 e. The first kappa shape index (κ1) is 19.1. The van der Waals surface area contributed by atoms with Gasteiger partial charge in [-0.05, 0) is 32.4 Å². The number of nitrogens with one attached hydrogen (secondary N) is 2. The summed E-state index contributed by atoms with van der Waals surface area (Å²) in [5.74, 6) is 0.742. The van der Waals surface area contributed by atoms with Crippen molar-refractivity contribution in [1.82, 2.24) is 20.8 Å². The summed E-state index contributed by atoms with van der Waals surface area (Å²) >= 11 is 0. The van der Waals surface area contributed by atoms with Crippen LogP contribution in [-0.4, -0.2) is 48.3 Å². The lowest BCUT2D eigenvalue weighted by molar-refractivity contribution is 0.376. The van der Waals surface area contributed by atoms with Crippen LogP contribution in [0.2, 0.25) is 0 Å². The number of anilines is 1. The van der Waals surface area contributed by atoms with E-state index in [9.17, 15) is 8.78 Å². The van der Waals surface area contributed by atoms with Gasteiger partial charge in [-0.15, -0.1) is 0 Å². The topological polar surface area (TPSA) is 78.6 Å². The minimum absolute atomic E-state index is 0.0375. The normalized spacial score (nSPS) is 17.4. The standard InChI is InChI=1S/C18H24F2N6O/c1-3-21-18(22-9-7-16-23-12(2)25-27-16)24-13-8-10-26(11-13)17-14(19)5-4-6-15(17)20/h4-6,13H,3,7-11H2,1-2H3,(H2,21,22,24). The maximum absolute atomic E-state index is 14.0. The van der Waals surface area contributed by atoms with Crippen molar-refractivity contribution in [2.24, 2.45) is 4.99 Å². The molecule has 9 heteroatoms. The fourth-order valence-electron chi connectivity index (χ4n) is 3.09. The molecule has 2 aromatic rings. The van der Waals surface area contributed by atoms with E-state index in [-0.39, 0.29) is 11.7 Å².